The van der Waals surface area contributed by atoms with Crippen molar-refractivity contribution in [1.82, 2.24) is 9.36 Å². The van der Waals surface area contributed by atoms with Crippen molar-refractivity contribution in [2.75, 3.05) is 18.0 Å². The molecule has 6 nitrogen and oxygen atoms in total. The van der Waals surface area contributed by atoms with Crippen molar-refractivity contribution in [3.05, 3.63) is 6.33 Å². The first-order valence-corrected chi connectivity index (χ1v) is 5.88. The van der Waals surface area contributed by atoms with Gasteiger partial charge in [-0.3, -0.25) is 0 Å². The van der Waals surface area contributed by atoms with Crippen molar-refractivity contribution >= 4 is 22.5 Å². The van der Waals surface area contributed by atoms with Gasteiger partial charge in [0, 0.05) is 31.0 Å². The fourth-order valence-corrected chi connectivity index (χ4v) is 1.88. The second kappa shape index (κ2) is 6.26. The third kappa shape index (κ3) is 4.01. The molecule has 0 bridgehead atoms. The fourth-order valence-electron chi connectivity index (χ4n) is 1.31. The molecule has 0 amide bonds. The summed E-state index contributed by atoms with van der Waals surface area (Å²) in [6.45, 7) is 5.84. The summed E-state index contributed by atoms with van der Waals surface area (Å²) >= 11 is 1.35. The van der Waals surface area contributed by atoms with Gasteiger partial charge in [-0.05, 0) is 5.92 Å². The van der Waals surface area contributed by atoms with Crippen molar-refractivity contribution in [2.45, 2.75) is 20.3 Å². The van der Waals surface area contributed by atoms with E-state index in [1.165, 1.54) is 17.9 Å². The van der Waals surface area contributed by atoms with Crippen LogP contribution in [0, 0.1) is 5.92 Å². The maximum atomic E-state index is 8.48. The maximum absolute atomic E-state index is 8.48. The Balaban J connectivity index is 2.58. The first-order chi connectivity index (χ1) is 7.63. The number of anilines is 1. The third-order valence-corrected chi connectivity index (χ3v) is 2.70. The normalized spacial score (nSPS) is 12.1. The van der Waals surface area contributed by atoms with E-state index < -0.39 is 0 Å². The zero-order valence-corrected chi connectivity index (χ0v) is 10.3. The van der Waals surface area contributed by atoms with E-state index in [1.807, 2.05) is 0 Å². The minimum Gasteiger partial charge on any atom is -0.409 e. The Kier molecular flexibility index (Phi) is 4.97. The molecule has 16 heavy (non-hydrogen) atoms. The molecule has 0 aliphatic rings. The molecule has 0 aromatic carbocycles. The highest BCUT2D eigenvalue weighted by molar-refractivity contribution is 7.09. The Morgan fingerprint density at radius 3 is 2.94 bits per heavy atom. The third-order valence-electron chi connectivity index (χ3n) is 1.97. The molecule has 0 aliphatic carbocycles. The molecule has 0 saturated heterocycles. The van der Waals surface area contributed by atoms with Gasteiger partial charge >= 0.3 is 0 Å². The molecule has 3 N–H and O–H groups in total. The Bertz CT molecular complexity index is 325. The number of oxime groups is 1. The van der Waals surface area contributed by atoms with Crippen LogP contribution in [0.3, 0.4) is 0 Å². The SMILES string of the molecule is CC(C)CN(CCC(N)=NO)c1ncns1. The summed E-state index contributed by atoms with van der Waals surface area (Å²) in [6.07, 6.45) is 2.06. The van der Waals surface area contributed by atoms with Crippen LogP contribution in [-0.4, -0.2) is 33.5 Å². The lowest BCUT2D eigenvalue weighted by atomic mass is 10.2. The van der Waals surface area contributed by atoms with Gasteiger partial charge < -0.3 is 15.8 Å². The minimum atomic E-state index is 0.235. The molecule has 0 spiro atoms. The summed E-state index contributed by atoms with van der Waals surface area (Å²) in [4.78, 5) is 6.26. The van der Waals surface area contributed by atoms with E-state index in [2.05, 4.69) is 33.3 Å². The van der Waals surface area contributed by atoms with Crippen LogP contribution < -0.4 is 10.6 Å². The lowest BCUT2D eigenvalue weighted by Gasteiger charge is -2.22. The molecule has 7 heteroatoms. The summed E-state index contributed by atoms with van der Waals surface area (Å²) < 4.78 is 3.98. The summed E-state index contributed by atoms with van der Waals surface area (Å²) in [7, 11) is 0. The van der Waals surface area contributed by atoms with Crippen LogP contribution in [0.15, 0.2) is 11.5 Å². The van der Waals surface area contributed by atoms with Gasteiger partial charge in [0.25, 0.3) is 0 Å². The van der Waals surface area contributed by atoms with Crippen LogP contribution >= 0.6 is 11.5 Å². The summed E-state index contributed by atoms with van der Waals surface area (Å²) in [5, 5.41) is 12.3. The van der Waals surface area contributed by atoms with E-state index in [1.54, 1.807) is 0 Å². The van der Waals surface area contributed by atoms with E-state index >= 15 is 0 Å². The number of amidine groups is 1. The second-order valence-electron chi connectivity index (χ2n) is 3.91. The second-order valence-corrected chi connectivity index (χ2v) is 4.66. The first-order valence-electron chi connectivity index (χ1n) is 5.11. The van der Waals surface area contributed by atoms with Crippen LogP contribution in [-0.2, 0) is 0 Å². The largest absolute Gasteiger partial charge is 0.409 e. The number of rotatable bonds is 6. The average Bonchev–Trinajstić information content (AvgIpc) is 2.76. The van der Waals surface area contributed by atoms with Gasteiger partial charge in [-0.2, -0.15) is 4.37 Å². The molecular formula is C9H17N5OS. The van der Waals surface area contributed by atoms with Crippen LogP contribution in [0.1, 0.15) is 20.3 Å². The standard InChI is InChI=1S/C9H17N5OS/c1-7(2)5-14(4-3-8(10)13-15)9-11-6-12-16-9/h6-7,15H,3-5H2,1-2H3,(H2,10,13). The van der Waals surface area contributed by atoms with E-state index in [0.717, 1.165) is 11.7 Å². The fraction of sp³-hybridized carbons (Fsp3) is 0.667. The highest BCUT2D eigenvalue weighted by atomic mass is 32.1. The number of nitrogens with two attached hydrogens (primary N) is 1. The smallest absolute Gasteiger partial charge is 0.204 e. The highest BCUT2D eigenvalue weighted by Gasteiger charge is 2.12. The van der Waals surface area contributed by atoms with Crippen LogP contribution in [0.5, 0.6) is 0 Å². The van der Waals surface area contributed by atoms with Crippen molar-refractivity contribution in [2.24, 2.45) is 16.8 Å². The molecular weight excluding hydrogens is 226 g/mol. The molecule has 90 valence electrons. The van der Waals surface area contributed by atoms with Crippen LogP contribution in [0.2, 0.25) is 0 Å². The lowest BCUT2D eigenvalue weighted by molar-refractivity contribution is 0.317. The molecule has 0 atom stereocenters. The van der Waals surface area contributed by atoms with Gasteiger partial charge in [0.05, 0.1) is 0 Å². The van der Waals surface area contributed by atoms with Gasteiger partial charge in [0.2, 0.25) is 5.13 Å². The number of hydrogen-bond acceptors (Lipinski definition) is 6. The topological polar surface area (TPSA) is 87.6 Å². The van der Waals surface area contributed by atoms with Gasteiger partial charge in [-0.15, -0.1) is 0 Å². The molecule has 1 aromatic heterocycles. The Morgan fingerprint density at radius 2 is 2.44 bits per heavy atom. The molecule has 1 aromatic rings. The zero-order valence-electron chi connectivity index (χ0n) is 9.50. The monoisotopic (exact) mass is 243 g/mol. The van der Waals surface area contributed by atoms with Crippen molar-refractivity contribution < 1.29 is 5.21 Å². The number of aromatic nitrogens is 2. The van der Waals surface area contributed by atoms with E-state index in [9.17, 15) is 0 Å². The maximum Gasteiger partial charge on any atom is 0.204 e. The van der Waals surface area contributed by atoms with Gasteiger partial charge in [-0.1, -0.05) is 19.0 Å². The Labute approximate surface area is 99.0 Å². The molecule has 0 aliphatic heterocycles. The summed E-state index contributed by atoms with van der Waals surface area (Å²) in [6, 6.07) is 0. The predicted molar refractivity (Wildman–Crippen MR) is 65.0 cm³/mol. The van der Waals surface area contributed by atoms with E-state index in [4.69, 9.17) is 10.9 Å². The quantitative estimate of drug-likeness (QED) is 0.338. The Morgan fingerprint density at radius 1 is 1.69 bits per heavy atom. The number of hydrogen-bond donors (Lipinski definition) is 2. The van der Waals surface area contributed by atoms with Crippen molar-refractivity contribution in [3.63, 3.8) is 0 Å². The van der Waals surface area contributed by atoms with E-state index in [0.29, 0.717) is 18.9 Å². The first kappa shape index (κ1) is 12.7. The minimum absolute atomic E-state index is 0.235. The molecule has 0 saturated carbocycles. The van der Waals surface area contributed by atoms with Gasteiger partial charge in [0.15, 0.2) is 0 Å². The molecule has 0 fully saturated rings. The summed E-state index contributed by atoms with van der Waals surface area (Å²) in [5.41, 5.74) is 5.45. The van der Waals surface area contributed by atoms with Gasteiger partial charge in [0.1, 0.15) is 12.2 Å². The number of nitrogens with zero attached hydrogens (tertiary/aromatic N) is 4. The zero-order chi connectivity index (χ0) is 12.0. The predicted octanol–water partition coefficient (Wildman–Crippen LogP) is 1.14. The van der Waals surface area contributed by atoms with Crippen LogP contribution in [0.4, 0.5) is 5.13 Å². The highest BCUT2D eigenvalue weighted by Crippen LogP contribution is 2.16. The molecule has 1 rings (SSSR count). The molecule has 0 unspecified atom stereocenters. The van der Waals surface area contributed by atoms with Gasteiger partial charge in [-0.25, -0.2) is 4.98 Å². The lowest BCUT2D eigenvalue weighted by Crippen LogP contribution is -2.31. The molecule has 0 radical (unpaired) electrons. The van der Waals surface area contributed by atoms with Crippen LogP contribution in [0.25, 0.3) is 0 Å². The van der Waals surface area contributed by atoms with Crippen molar-refractivity contribution in [1.29, 1.82) is 0 Å². The summed E-state index contributed by atoms with van der Waals surface area (Å²) in [5.74, 6) is 0.759. The Hall–Kier alpha value is -1.37. The average molecular weight is 243 g/mol. The van der Waals surface area contributed by atoms with Crippen molar-refractivity contribution in [3.8, 4) is 0 Å². The van der Waals surface area contributed by atoms with E-state index in [-0.39, 0.29) is 5.84 Å². The molecule has 1 heterocycles.